The Hall–Kier alpha value is -2.18. The average Bonchev–Trinajstić information content (AvgIpc) is 3.22. The first-order valence-electron chi connectivity index (χ1n) is 8.82. The van der Waals surface area contributed by atoms with E-state index in [0.717, 1.165) is 25.3 Å². The van der Waals surface area contributed by atoms with E-state index in [2.05, 4.69) is 32.5 Å². The van der Waals surface area contributed by atoms with Crippen molar-refractivity contribution in [3.8, 4) is 0 Å². The predicted octanol–water partition coefficient (Wildman–Crippen LogP) is 1.54. The molecule has 2 aliphatic rings. The second-order valence-electron chi connectivity index (χ2n) is 6.90. The highest BCUT2D eigenvalue weighted by atomic mass is 35.5. The lowest BCUT2D eigenvalue weighted by atomic mass is 9.89. The Morgan fingerprint density at radius 3 is 2.69 bits per heavy atom. The predicted molar refractivity (Wildman–Crippen MR) is 101 cm³/mol. The van der Waals surface area contributed by atoms with Crippen molar-refractivity contribution in [3.63, 3.8) is 0 Å². The van der Waals surface area contributed by atoms with Crippen molar-refractivity contribution in [1.29, 1.82) is 0 Å². The van der Waals surface area contributed by atoms with Crippen LogP contribution in [0.25, 0.3) is 0 Å². The maximum Gasteiger partial charge on any atom is 0.264 e. The van der Waals surface area contributed by atoms with E-state index in [1.807, 2.05) is 18.2 Å². The zero-order valence-electron chi connectivity index (χ0n) is 14.4. The third kappa shape index (κ3) is 3.66. The van der Waals surface area contributed by atoms with Crippen LogP contribution in [0.5, 0.6) is 0 Å². The number of halogens is 1. The van der Waals surface area contributed by atoms with Crippen molar-refractivity contribution in [2.75, 3.05) is 19.6 Å². The molecule has 0 aliphatic carbocycles. The lowest BCUT2D eigenvalue weighted by molar-refractivity contribution is -0.132. The van der Waals surface area contributed by atoms with Gasteiger partial charge >= 0.3 is 0 Å². The van der Waals surface area contributed by atoms with Crippen molar-refractivity contribution >= 4 is 18.3 Å². The van der Waals surface area contributed by atoms with Gasteiger partial charge in [0, 0.05) is 44.5 Å². The van der Waals surface area contributed by atoms with Gasteiger partial charge in [0.05, 0.1) is 11.7 Å². The molecule has 2 aromatic rings. The summed E-state index contributed by atoms with van der Waals surface area (Å²) < 4.78 is 0. The number of carbonyl (C=O) groups excluding carboxylic acids is 1. The number of rotatable bonds is 4. The van der Waals surface area contributed by atoms with Crippen LogP contribution in [0.3, 0.4) is 0 Å². The van der Waals surface area contributed by atoms with Crippen molar-refractivity contribution in [2.24, 2.45) is 11.8 Å². The largest absolute Gasteiger partial charge is 0.335 e. The molecule has 3 atom stereocenters. The van der Waals surface area contributed by atoms with Crippen LogP contribution in [-0.4, -0.2) is 40.6 Å². The number of likely N-dealkylation sites (tertiary alicyclic amines) is 1. The normalized spacial score (nSPS) is 24.2. The van der Waals surface area contributed by atoms with Gasteiger partial charge in [-0.3, -0.25) is 9.59 Å². The number of aromatic amines is 1. The minimum absolute atomic E-state index is 0. The van der Waals surface area contributed by atoms with Crippen LogP contribution < -0.4 is 10.9 Å². The summed E-state index contributed by atoms with van der Waals surface area (Å²) in [5.74, 6) is 1.18. The van der Waals surface area contributed by atoms with Gasteiger partial charge in [0.2, 0.25) is 5.91 Å². The van der Waals surface area contributed by atoms with Gasteiger partial charge in [0.15, 0.2) is 0 Å². The molecule has 3 heterocycles. The first-order valence-corrected chi connectivity index (χ1v) is 8.82. The minimum atomic E-state index is -0.223. The molecule has 0 spiro atoms. The van der Waals surface area contributed by atoms with E-state index in [9.17, 15) is 9.59 Å². The number of fused-ring (bicyclic) bond motifs is 1. The van der Waals surface area contributed by atoms with Gasteiger partial charge in [-0.2, -0.15) is 5.10 Å². The number of benzene rings is 1. The number of nitrogens with zero attached hydrogens (tertiary/aromatic N) is 2. The fourth-order valence-electron chi connectivity index (χ4n) is 4.15. The quantitative estimate of drug-likeness (QED) is 0.851. The Morgan fingerprint density at radius 2 is 1.96 bits per heavy atom. The van der Waals surface area contributed by atoms with E-state index in [4.69, 9.17) is 0 Å². The summed E-state index contributed by atoms with van der Waals surface area (Å²) >= 11 is 0. The summed E-state index contributed by atoms with van der Waals surface area (Å²) in [6, 6.07) is 13.6. The Kier molecular flexibility index (Phi) is 5.74. The van der Waals surface area contributed by atoms with E-state index in [-0.39, 0.29) is 29.9 Å². The van der Waals surface area contributed by atoms with Gasteiger partial charge in [-0.15, -0.1) is 12.4 Å². The van der Waals surface area contributed by atoms with Crippen molar-refractivity contribution in [2.45, 2.75) is 18.9 Å². The molecule has 1 aromatic heterocycles. The summed E-state index contributed by atoms with van der Waals surface area (Å²) in [5.41, 5.74) is 1.73. The van der Waals surface area contributed by atoms with Crippen molar-refractivity contribution < 1.29 is 4.79 Å². The first-order chi connectivity index (χ1) is 12.2. The fraction of sp³-hybridized carbons (Fsp3) is 0.421. The topological polar surface area (TPSA) is 78.1 Å². The summed E-state index contributed by atoms with van der Waals surface area (Å²) in [6.45, 7) is 2.77. The van der Waals surface area contributed by atoms with E-state index in [1.54, 1.807) is 6.07 Å². The van der Waals surface area contributed by atoms with Crippen LogP contribution in [0.1, 0.15) is 23.7 Å². The van der Waals surface area contributed by atoms with Crippen molar-refractivity contribution in [3.05, 3.63) is 64.1 Å². The maximum atomic E-state index is 12.9. The van der Waals surface area contributed by atoms with Gasteiger partial charge in [-0.05, 0) is 17.5 Å². The van der Waals surface area contributed by atoms with Gasteiger partial charge < -0.3 is 10.2 Å². The first kappa shape index (κ1) is 18.6. The molecule has 0 unspecified atom stereocenters. The third-order valence-electron chi connectivity index (χ3n) is 5.36. The highest BCUT2D eigenvalue weighted by Crippen LogP contribution is 2.42. The molecule has 0 bridgehead atoms. The summed E-state index contributed by atoms with van der Waals surface area (Å²) in [4.78, 5) is 26.0. The molecular formula is C19H23ClN4O2. The van der Waals surface area contributed by atoms with Crippen LogP contribution in [0.15, 0.2) is 47.3 Å². The van der Waals surface area contributed by atoms with Crippen LogP contribution in [0, 0.1) is 11.8 Å². The molecule has 0 saturated carbocycles. The van der Waals surface area contributed by atoms with E-state index in [1.165, 1.54) is 11.6 Å². The zero-order chi connectivity index (χ0) is 17.2. The Morgan fingerprint density at radius 1 is 1.15 bits per heavy atom. The zero-order valence-corrected chi connectivity index (χ0v) is 15.2. The lowest BCUT2D eigenvalue weighted by Gasteiger charge is -2.28. The average molecular weight is 375 g/mol. The highest BCUT2D eigenvalue weighted by molar-refractivity contribution is 5.85. The molecule has 2 N–H and O–H groups in total. The Bertz CT molecular complexity index is 790. The second kappa shape index (κ2) is 8.01. The number of hydrogen-bond acceptors (Lipinski definition) is 4. The standard InChI is InChI=1S/C19H22N4O2.ClH/c24-17-8-6-15(21-22-17)7-9-18(25)23-12-14-10-20-11-16(14)19(23)13-4-2-1-3-5-13;/h1-6,8,14,16,19-20H,7,9-12H2,(H,22,24);1H/t14-,16-,19-;/m0./s1. The molecule has 6 nitrogen and oxygen atoms in total. The molecule has 26 heavy (non-hydrogen) atoms. The molecule has 4 rings (SSSR count). The maximum absolute atomic E-state index is 12.9. The molecule has 2 saturated heterocycles. The lowest BCUT2D eigenvalue weighted by Crippen LogP contribution is -2.34. The third-order valence-corrected chi connectivity index (χ3v) is 5.36. The number of H-pyrrole nitrogens is 1. The summed E-state index contributed by atoms with van der Waals surface area (Å²) in [7, 11) is 0. The molecule has 138 valence electrons. The number of nitrogens with one attached hydrogen (secondary N) is 2. The SMILES string of the molecule is Cl.O=C(CCc1ccc(=O)[nH]n1)N1C[C@@H]2CNC[C@@H]2[C@@H]1c1ccccc1. The number of carbonyl (C=O) groups is 1. The number of aryl methyl sites for hydroxylation is 1. The summed E-state index contributed by atoms with van der Waals surface area (Å²) in [6.07, 6.45) is 0.955. The molecule has 1 aromatic carbocycles. The Balaban J connectivity index is 0.00000196. The van der Waals surface area contributed by atoms with Gasteiger partial charge in [-0.1, -0.05) is 30.3 Å². The van der Waals surface area contributed by atoms with Crippen LogP contribution in [0.2, 0.25) is 0 Å². The fourth-order valence-corrected chi connectivity index (χ4v) is 4.15. The van der Waals surface area contributed by atoms with E-state index < -0.39 is 0 Å². The van der Waals surface area contributed by atoms with Crippen LogP contribution in [-0.2, 0) is 11.2 Å². The smallest absolute Gasteiger partial charge is 0.264 e. The number of aromatic nitrogens is 2. The van der Waals surface area contributed by atoms with Gasteiger partial charge in [0.1, 0.15) is 0 Å². The molecule has 2 fully saturated rings. The minimum Gasteiger partial charge on any atom is -0.335 e. The summed E-state index contributed by atoms with van der Waals surface area (Å²) in [5, 5.41) is 9.88. The number of amides is 1. The van der Waals surface area contributed by atoms with E-state index >= 15 is 0 Å². The molecule has 0 radical (unpaired) electrons. The molecule has 1 amide bonds. The van der Waals surface area contributed by atoms with Gasteiger partial charge in [-0.25, -0.2) is 5.10 Å². The van der Waals surface area contributed by atoms with Gasteiger partial charge in [0.25, 0.3) is 5.56 Å². The van der Waals surface area contributed by atoms with Crippen LogP contribution >= 0.6 is 12.4 Å². The molecule has 7 heteroatoms. The molecular weight excluding hydrogens is 352 g/mol. The van der Waals surface area contributed by atoms with E-state index in [0.29, 0.717) is 24.7 Å². The van der Waals surface area contributed by atoms with Crippen molar-refractivity contribution in [1.82, 2.24) is 20.4 Å². The second-order valence-corrected chi connectivity index (χ2v) is 6.90. The Labute approximate surface area is 158 Å². The number of hydrogen-bond donors (Lipinski definition) is 2. The monoisotopic (exact) mass is 374 g/mol. The van der Waals surface area contributed by atoms with Crippen LogP contribution in [0.4, 0.5) is 0 Å². The molecule has 2 aliphatic heterocycles. The highest BCUT2D eigenvalue weighted by Gasteiger charge is 2.46.